The SMILES string of the molecule is CCCC1O[C@@H]2C[C@H]3[C@@H]4CCC5=CC(=O)C=C[C@]5(C)[C@H]4[C@@H](O)C[C@]3(C)[C@]2(C(=O)COC(=O)N(C)CCN(C)C(=O)OCc2ccc(NC(=O)[C@H](CCCNC(N)=O)NC(=O)[C@@H](NC(=O)CCOCCOCCOCCOCCNC(=O)OC)C(C)C)cc2)O1. The van der Waals surface area contributed by atoms with Gasteiger partial charge >= 0.3 is 24.3 Å². The summed E-state index contributed by atoms with van der Waals surface area (Å²) in [4.78, 5) is 119. The highest BCUT2D eigenvalue weighted by molar-refractivity contribution is 6.01. The minimum atomic E-state index is -1.46. The van der Waals surface area contributed by atoms with Gasteiger partial charge in [-0.05, 0) is 92.5 Å². The molecule has 8 N–H and O–H groups in total. The highest BCUT2D eigenvalue weighted by atomic mass is 16.7. The number of aliphatic hydroxyl groups excluding tert-OH is 1. The summed E-state index contributed by atoms with van der Waals surface area (Å²) >= 11 is 0. The molecule has 89 heavy (non-hydrogen) atoms. The van der Waals surface area contributed by atoms with E-state index in [2.05, 4.69) is 38.2 Å². The summed E-state index contributed by atoms with van der Waals surface area (Å²) < 4.78 is 50.7. The number of nitrogens with one attached hydrogen (secondary N) is 5. The molecule has 8 amide bonds. The van der Waals surface area contributed by atoms with Crippen LogP contribution in [0.2, 0.25) is 0 Å². The molecule has 4 aliphatic carbocycles. The first-order valence-corrected chi connectivity index (χ1v) is 30.9. The van der Waals surface area contributed by atoms with Crippen molar-refractivity contribution >= 4 is 59.3 Å². The van der Waals surface area contributed by atoms with Crippen LogP contribution in [0.15, 0.2) is 48.1 Å². The second kappa shape index (κ2) is 33.9. The van der Waals surface area contributed by atoms with Crippen LogP contribution in [0, 0.1) is 34.5 Å². The highest BCUT2D eigenvalue weighted by Gasteiger charge is 2.76. The van der Waals surface area contributed by atoms with Crippen molar-refractivity contribution in [2.45, 2.75) is 135 Å². The number of rotatable bonds is 35. The van der Waals surface area contributed by atoms with Gasteiger partial charge in [0.2, 0.25) is 23.5 Å². The van der Waals surface area contributed by atoms with Crippen molar-refractivity contribution in [2.24, 2.45) is 40.2 Å². The van der Waals surface area contributed by atoms with Gasteiger partial charge in [-0.25, -0.2) is 19.2 Å². The smallest absolute Gasteiger partial charge is 0.409 e. The molecular weight excluding hydrogens is 1160 g/mol. The quantitative estimate of drug-likeness (QED) is 0.0374. The number of Topliss-reactive ketones (excluding diaryl/α,β-unsaturated/α-hetero) is 1. The van der Waals surface area contributed by atoms with E-state index < -0.39 is 101 Å². The molecule has 1 aromatic carbocycles. The van der Waals surface area contributed by atoms with Gasteiger partial charge in [0.15, 0.2) is 24.3 Å². The highest BCUT2D eigenvalue weighted by Crippen LogP contribution is 2.69. The Kier molecular flexibility index (Phi) is 27.2. The second-order valence-electron chi connectivity index (χ2n) is 24.1. The van der Waals surface area contributed by atoms with E-state index in [1.54, 1.807) is 50.3 Å². The number of allylic oxidation sites excluding steroid dienone is 4. The first-order valence-electron chi connectivity index (χ1n) is 30.9. The maximum atomic E-state index is 14.7. The van der Waals surface area contributed by atoms with Gasteiger partial charge in [0, 0.05) is 69.1 Å². The van der Waals surface area contributed by atoms with E-state index >= 15 is 0 Å². The fourth-order valence-corrected chi connectivity index (χ4v) is 13.1. The van der Waals surface area contributed by atoms with Crippen LogP contribution < -0.4 is 32.3 Å². The van der Waals surface area contributed by atoms with E-state index in [0.29, 0.717) is 70.1 Å². The van der Waals surface area contributed by atoms with E-state index in [9.17, 15) is 48.3 Å². The first kappa shape index (κ1) is 71.3. The average Bonchev–Trinajstić information content (AvgIpc) is 1.57. The summed E-state index contributed by atoms with van der Waals surface area (Å²) in [5.74, 6) is -2.64. The molecule has 5 aliphatic rings. The van der Waals surface area contributed by atoms with E-state index in [4.69, 9.17) is 43.6 Å². The number of anilines is 1. The zero-order chi connectivity index (χ0) is 64.9. The Hall–Kier alpha value is -6.75. The molecular formula is C62H94N8O19. The molecule has 1 heterocycles. The van der Waals surface area contributed by atoms with E-state index in [-0.39, 0.29) is 101 Å². The molecule has 4 fully saturated rings. The molecule has 0 spiro atoms. The Morgan fingerprint density at radius 2 is 1.47 bits per heavy atom. The van der Waals surface area contributed by atoms with Crippen molar-refractivity contribution in [3.63, 3.8) is 0 Å². The second-order valence-corrected chi connectivity index (χ2v) is 24.1. The van der Waals surface area contributed by atoms with Crippen LogP contribution in [0.25, 0.3) is 0 Å². The molecule has 1 aromatic rings. The maximum Gasteiger partial charge on any atom is 0.409 e. The van der Waals surface area contributed by atoms with Crippen molar-refractivity contribution in [2.75, 3.05) is 112 Å². The molecule has 1 aliphatic heterocycles. The molecule has 0 radical (unpaired) electrons. The fraction of sp³-hybridized carbons (Fsp3) is 0.694. The Balaban J connectivity index is 0.911. The van der Waals surface area contributed by atoms with Gasteiger partial charge in [0.25, 0.3) is 0 Å². The lowest BCUT2D eigenvalue weighted by Gasteiger charge is -2.59. The van der Waals surface area contributed by atoms with Gasteiger partial charge in [-0.1, -0.05) is 64.8 Å². The standard InChI is InChI=1S/C62H94N8O19/c1-9-11-51-88-49-35-45-44-18-15-41-34-43(71)19-21-60(41,4)52(44)47(72)36-61(45,5)62(49,89-51)48(73)38-87-59(80)70(7)25-24-69(6)58(79)86-37-40-13-16-42(17-14-40)66-54(75)46(12-10-22-64-56(63)77)67-55(76)53(39(2)3)68-50(74)20-26-82-28-30-84-32-33-85-31-29-83-27-23-65-57(78)81-8/h13-14,16-17,19,21,34,39,44-47,49,51-53,72H,9-12,15,18,20,22-33,35-38H2,1-8H3,(H,65,78)(H,66,75)(H,67,76)(H,68,74)(H3,63,64,77)/t44-,45-,46-,47-,49+,51?,52+,53-,60-,61-,62+/m0/s1. The molecule has 0 bridgehead atoms. The van der Waals surface area contributed by atoms with Crippen LogP contribution in [0.5, 0.6) is 0 Å². The number of nitrogens with two attached hydrogens (primary N) is 1. The number of benzene rings is 1. The molecule has 0 aromatic heterocycles. The number of likely N-dealkylation sites (N-methyl/N-ethyl adjacent to an activating group) is 2. The number of urea groups is 1. The van der Waals surface area contributed by atoms with Gasteiger partial charge in [-0.15, -0.1) is 0 Å². The van der Waals surface area contributed by atoms with Gasteiger partial charge < -0.3 is 89.9 Å². The molecule has 496 valence electrons. The molecule has 1 saturated heterocycles. The van der Waals surface area contributed by atoms with Crippen LogP contribution in [0.3, 0.4) is 0 Å². The third-order valence-corrected chi connectivity index (χ3v) is 17.7. The van der Waals surface area contributed by atoms with Crippen molar-refractivity contribution < 1.29 is 90.9 Å². The predicted molar refractivity (Wildman–Crippen MR) is 321 cm³/mol. The lowest BCUT2D eigenvalue weighted by atomic mass is 9.46. The fourth-order valence-electron chi connectivity index (χ4n) is 13.1. The molecule has 1 unspecified atom stereocenters. The lowest BCUT2D eigenvalue weighted by Crippen LogP contribution is -2.63. The number of ketones is 2. The number of hydrogen-bond acceptors (Lipinski definition) is 19. The summed E-state index contributed by atoms with van der Waals surface area (Å²) in [5, 5.41) is 25.3. The third kappa shape index (κ3) is 18.9. The summed E-state index contributed by atoms with van der Waals surface area (Å²) in [6.07, 6.45) is 5.11. The molecule has 27 heteroatoms. The minimum Gasteiger partial charge on any atom is -0.453 e. The van der Waals surface area contributed by atoms with Gasteiger partial charge in [0.05, 0.1) is 72.2 Å². The number of primary amides is 1. The zero-order valence-corrected chi connectivity index (χ0v) is 52.8. The number of alkyl carbamates (subject to hydrolysis) is 1. The van der Waals surface area contributed by atoms with Gasteiger partial charge in [-0.3, -0.25) is 24.0 Å². The Morgan fingerprint density at radius 3 is 2.10 bits per heavy atom. The van der Waals surface area contributed by atoms with E-state index in [1.807, 2.05) is 19.9 Å². The van der Waals surface area contributed by atoms with Crippen LogP contribution in [0.1, 0.15) is 98.0 Å². The monoisotopic (exact) mass is 1250 g/mol. The van der Waals surface area contributed by atoms with E-state index in [1.165, 1.54) is 31.0 Å². The van der Waals surface area contributed by atoms with Gasteiger partial charge in [-0.2, -0.15) is 0 Å². The summed E-state index contributed by atoms with van der Waals surface area (Å²) in [7, 11) is 4.28. The van der Waals surface area contributed by atoms with Crippen molar-refractivity contribution in [1.29, 1.82) is 0 Å². The van der Waals surface area contributed by atoms with Crippen molar-refractivity contribution in [1.82, 2.24) is 31.1 Å². The van der Waals surface area contributed by atoms with Crippen molar-refractivity contribution in [3.05, 3.63) is 53.6 Å². The molecule has 3 saturated carbocycles. The Morgan fingerprint density at radius 1 is 0.831 bits per heavy atom. The number of carbonyl (C=O) groups is 9. The largest absolute Gasteiger partial charge is 0.453 e. The number of aliphatic hydroxyl groups is 1. The van der Waals surface area contributed by atoms with E-state index in [0.717, 1.165) is 18.4 Å². The van der Waals surface area contributed by atoms with Crippen LogP contribution in [-0.2, 0) is 73.2 Å². The third-order valence-electron chi connectivity index (χ3n) is 17.7. The molecule has 27 nitrogen and oxygen atoms in total. The maximum absolute atomic E-state index is 14.7. The number of ether oxygens (including phenoxy) is 9. The lowest BCUT2D eigenvalue weighted by molar-refractivity contribution is -0.200. The predicted octanol–water partition coefficient (Wildman–Crippen LogP) is 3.89. The number of amides is 8. The summed E-state index contributed by atoms with van der Waals surface area (Å²) in [6.45, 7) is 11.6. The van der Waals surface area contributed by atoms with Crippen LogP contribution in [0.4, 0.5) is 24.9 Å². The average molecular weight is 1260 g/mol. The normalized spacial score (nSPS) is 25.4. The Labute approximate surface area is 520 Å². The topological polar surface area (TPSA) is 350 Å². The van der Waals surface area contributed by atoms with Crippen LogP contribution in [-0.4, -0.2) is 212 Å². The number of methoxy groups -OCH3 is 1. The van der Waals surface area contributed by atoms with Gasteiger partial charge in [0.1, 0.15) is 18.7 Å². The zero-order valence-electron chi connectivity index (χ0n) is 52.8. The number of nitrogens with zero attached hydrogens (tertiary/aromatic N) is 2. The van der Waals surface area contributed by atoms with Crippen molar-refractivity contribution in [3.8, 4) is 0 Å². The molecule has 11 atom stereocenters. The Bertz CT molecular complexity index is 2660. The molecule has 6 rings (SSSR count). The number of carbonyl (C=O) groups excluding carboxylic acids is 9. The number of fused-ring (bicyclic) bond motifs is 7. The minimum absolute atomic E-state index is 0.0234. The van der Waals surface area contributed by atoms with Crippen LogP contribution >= 0.6 is 0 Å². The summed E-state index contributed by atoms with van der Waals surface area (Å²) in [5.41, 5.74) is 4.40. The first-order chi connectivity index (χ1) is 42.5. The number of hydrogen-bond donors (Lipinski definition) is 7. The summed E-state index contributed by atoms with van der Waals surface area (Å²) in [6, 6.07) is 3.64.